The Labute approximate surface area is 155 Å². The molecule has 0 spiro atoms. The van der Waals surface area contributed by atoms with Crippen molar-refractivity contribution in [1.82, 2.24) is 10.6 Å². The van der Waals surface area contributed by atoms with Crippen molar-refractivity contribution in [2.75, 3.05) is 20.3 Å². The largest absolute Gasteiger partial charge is 0.383 e. The molecule has 1 unspecified atom stereocenters. The highest BCUT2D eigenvalue weighted by molar-refractivity contribution is 14.0. The van der Waals surface area contributed by atoms with E-state index in [0.717, 1.165) is 12.0 Å². The van der Waals surface area contributed by atoms with Crippen LogP contribution in [0.4, 0.5) is 0 Å². The molecule has 0 heterocycles. The fourth-order valence-electron chi connectivity index (χ4n) is 1.73. The fourth-order valence-corrected chi connectivity index (χ4v) is 1.73. The summed E-state index contributed by atoms with van der Waals surface area (Å²) >= 11 is 0. The normalized spacial score (nSPS) is 12.2. The number of carbonyl (C=O) groups excluding carboxylic acids is 1. The van der Waals surface area contributed by atoms with Crippen molar-refractivity contribution in [1.29, 1.82) is 0 Å². The second-order valence-corrected chi connectivity index (χ2v) is 5.10. The Morgan fingerprint density at radius 1 is 1.43 bits per heavy atom. The van der Waals surface area contributed by atoms with Crippen molar-refractivity contribution in [3.8, 4) is 0 Å². The predicted octanol–water partition coefficient (Wildman–Crippen LogP) is 1.88. The van der Waals surface area contributed by atoms with Crippen LogP contribution in [0, 0.1) is 0 Å². The first-order valence-electron chi connectivity index (χ1n) is 7.49. The van der Waals surface area contributed by atoms with Gasteiger partial charge in [-0.05, 0) is 31.0 Å². The van der Waals surface area contributed by atoms with Gasteiger partial charge in [0.25, 0.3) is 5.91 Å². The lowest BCUT2D eigenvalue weighted by Gasteiger charge is -2.11. The zero-order valence-electron chi connectivity index (χ0n) is 14.0. The van der Waals surface area contributed by atoms with E-state index in [2.05, 4.69) is 15.6 Å². The van der Waals surface area contributed by atoms with Crippen LogP contribution in [-0.2, 0) is 11.3 Å². The molecule has 0 aliphatic carbocycles. The number of aliphatic imine (C=N–C) groups is 1. The summed E-state index contributed by atoms with van der Waals surface area (Å²) in [5.41, 5.74) is 7.32. The van der Waals surface area contributed by atoms with Gasteiger partial charge in [0.1, 0.15) is 0 Å². The molecule has 4 N–H and O–H groups in total. The van der Waals surface area contributed by atoms with Crippen molar-refractivity contribution in [3.63, 3.8) is 0 Å². The number of nitrogens with two attached hydrogens (primary N) is 1. The molecular weight excluding hydrogens is 407 g/mol. The van der Waals surface area contributed by atoms with Crippen molar-refractivity contribution in [3.05, 3.63) is 35.4 Å². The topological polar surface area (TPSA) is 88.7 Å². The molecule has 7 heteroatoms. The summed E-state index contributed by atoms with van der Waals surface area (Å²) in [5, 5.41) is 5.89. The minimum atomic E-state index is -0.0635. The molecule has 0 fully saturated rings. The third-order valence-electron chi connectivity index (χ3n) is 3.22. The lowest BCUT2D eigenvalue weighted by molar-refractivity contribution is 0.0939. The van der Waals surface area contributed by atoms with Crippen molar-refractivity contribution in [2.24, 2.45) is 10.7 Å². The Balaban J connectivity index is 0.00000484. The molecule has 1 aromatic carbocycles. The molecule has 1 amide bonds. The predicted molar refractivity (Wildman–Crippen MR) is 104 cm³/mol. The molecule has 0 aliphatic rings. The number of guanidine groups is 1. The number of ether oxygens (including phenoxy) is 1. The summed E-state index contributed by atoms with van der Waals surface area (Å²) in [5.74, 6) is 0.304. The average Bonchev–Trinajstić information content (AvgIpc) is 2.53. The average molecular weight is 434 g/mol. The van der Waals surface area contributed by atoms with Crippen LogP contribution in [0.3, 0.4) is 0 Å². The summed E-state index contributed by atoms with van der Waals surface area (Å²) in [6.07, 6.45) is 0.902. The van der Waals surface area contributed by atoms with E-state index in [1.54, 1.807) is 13.2 Å². The van der Waals surface area contributed by atoms with E-state index in [9.17, 15) is 4.79 Å². The lowest BCUT2D eigenvalue weighted by Crippen LogP contribution is -2.34. The monoisotopic (exact) mass is 434 g/mol. The lowest BCUT2D eigenvalue weighted by atomic mass is 10.1. The number of nitrogens with zero attached hydrogens (tertiary/aromatic N) is 1. The standard InChI is InChI=1S/C16H26N4O2.HI/c1-4-12(2)20-15(21)14-7-5-6-13(10-14)11-19-16(17)18-8-9-22-3;/h5-7,10,12H,4,8-9,11H2,1-3H3,(H,20,21)(H3,17,18,19);1H. The van der Waals surface area contributed by atoms with Crippen LogP contribution in [0.5, 0.6) is 0 Å². The minimum absolute atomic E-state index is 0. The summed E-state index contributed by atoms with van der Waals surface area (Å²) in [6.45, 7) is 5.63. The maximum absolute atomic E-state index is 12.1. The molecule has 1 rings (SSSR count). The molecule has 1 atom stereocenters. The third-order valence-corrected chi connectivity index (χ3v) is 3.22. The summed E-state index contributed by atoms with van der Waals surface area (Å²) in [4.78, 5) is 16.3. The molecule has 0 bridgehead atoms. The Hall–Kier alpha value is -1.35. The molecule has 0 radical (unpaired) electrons. The fraction of sp³-hybridized carbons (Fsp3) is 0.500. The number of rotatable bonds is 8. The second-order valence-electron chi connectivity index (χ2n) is 5.10. The quantitative estimate of drug-likeness (QED) is 0.252. The van der Waals surface area contributed by atoms with Gasteiger partial charge in [0.05, 0.1) is 13.2 Å². The second kappa shape index (κ2) is 12.1. The van der Waals surface area contributed by atoms with Crippen LogP contribution in [0.15, 0.2) is 29.3 Å². The Kier molecular flexibility index (Phi) is 11.4. The van der Waals surface area contributed by atoms with Crippen molar-refractivity contribution >= 4 is 35.8 Å². The van der Waals surface area contributed by atoms with E-state index in [1.165, 1.54) is 0 Å². The van der Waals surface area contributed by atoms with Crippen LogP contribution >= 0.6 is 24.0 Å². The van der Waals surface area contributed by atoms with E-state index in [-0.39, 0.29) is 35.9 Å². The summed E-state index contributed by atoms with van der Waals surface area (Å²) in [7, 11) is 1.63. The van der Waals surface area contributed by atoms with Gasteiger partial charge in [-0.3, -0.25) is 4.79 Å². The molecular formula is C16H27IN4O2. The number of hydrogen-bond acceptors (Lipinski definition) is 3. The number of amides is 1. The van der Waals surface area contributed by atoms with Gasteiger partial charge >= 0.3 is 0 Å². The Morgan fingerprint density at radius 3 is 2.83 bits per heavy atom. The molecule has 0 saturated carbocycles. The van der Waals surface area contributed by atoms with Gasteiger partial charge < -0.3 is 21.1 Å². The van der Waals surface area contributed by atoms with Crippen LogP contribution < -0.4 is 16.4 Å². The van der Waals surface area contributed by atoms with E-state index in [0.29, 0.717) is 31.2 Å². The minimum Gasteiger partial charge on any atom is -0.383 e. The van der Waals surface area contributed by atoms with Crippen LogP contribution in [-0.4, -0.2) is 38.2 Å². The first-order chi connectivity index (χ1) is 10.6. The maximum atomic E-state index is 12.1. The number of hydrogen-bond donors (Lipinski definition) is 3. The first-order valence-corrected chi connectivity index (χ1v) is 7.49. The highest BCUT2D eigenvalue weighted by Gasteiger charge is 2.08. The Bertz CT molecular complexity index is 509. The van der Waals surface area contributed by atoms with Crippen LogP contribution in [0.1, 0.15) is 36.2 Å². The van der Waals surface area contributed by atoms with Gasteiger partial charge in [0, 0.05) is 25.3 Å². The zero-order valence-corrected chi connectivity index (χ0v) is 16.3. The van der Waals surface area contributed by atoms with E-state index < -0.39 is 0 Å². The summed E-state index contributed by atoms with van der Waals surface area (Å²) < 4.78 is 4.92. The number of nitrogens with one attached hydrogen (secondary N) is 2. The zero-order chi connectivity index (χ0) is 16.4. The van der Waals surface area contributed by atoms with Crippen LogP contribution in [0.25, 0.3) is 0 Å². The van der Waals surface area contributed by atoms with Gasteiger partial charge in [-0.15, -0.1) is 24.0 Å². The van der Waals surface area contributed by atoms with E-state index in [1.807, 2.05) is 32.0 Å². The molecule has 0 aliphatic heterocycles. The molecule has 6 nitrogen and oxygen atoms in total. The number of benzene rings is 1. The number of carbonyl (C=O) groups is 1. The third kappa shape index (κ3) is 8.75. The van der Waals surface area contributed by atoms with Crippen molar-refractivity contribution in [2.45, 2.75) is 32.9 Å². The van der Waals surface area contributed by atoms with Gasteiger partial charge in [0.2, 0.25) is 0 Å². The molecule has 0 saturated heterocycles. The smallest absolute Gasteiger partial charge is 0.251 e. The van der Waals surface area contributed by atoms with Crippen molar-refractivity contribution < 1.29 is 9.53 Å². The van der Waals surface area contributed by atoms with Gasteiger partial charge in [-0.1, -0.05) is 19.1 Å². The van der Waals surface area contributed by atoms with E-state index >= 15 is 0 Å². The SMILES string of the molecule is CCC(C)NC(=O)c1cccc(CN=C(N)NCCOC)c1.I. The Morgan fingerprint density at radius 2 is 2.17 bits per heavy atom. The highest BCUT2D eigenvalue weighted by Crippen LogP contribution is 2.07. The van der Waals surface area contributed by atoms with Gasteiger partial charge in [0.15, 0.2) is 5.96 Å². The molecule has 130 valence electrons. The number of halogens is 1. The van der Waals surface area contributed by atoms with E-state index in [4.69, 9.17) is 10.5 Å². The summed E-state index contributed by atoms with van der Waals surface area (Å²) in [6, 6.07) is 7.57. The maximum Gasteiger partial charge on any atom is 0.251 e. The van der Waals surface area contributed by atoms with Gasteiger partial charge in [-0.2, -0.15) is 0 Å². The molecule has 1 aromatic rings. The first kappa shape index (κ1) is 21.6. The highest BCUT2D eigenvalue weighted by atomic mass is 127. The van der Waals surface area contributed by atoms with Gasteiger partial charge in [-0.25, -0.2) is 4.99 Å². The number of methoxy groups -OCH3 is 1. The molecule has 0 aromatic heterocycles. The van der Waals surface area contributed by atoms with Crippen LogP contribution in [0.2, 0.25) is 0 Å². The molecule has 23 heavy (non-hydrogen) atoms.